The molecule has 4 radical (unpaired) electrons. The molecule has 0 heterocycles. The molecule has 0 fully saturated rings. The SMILES string of the molecule is [CH2][C]([CH]C)[CH]CCC=C. The van der Waals surface area contributed by atoms with Crippen LogP contribution >= 0.6 is 0 Å². The maximum absolute atomic E-state index is 3.80. The zero-order valence-corrected chi connectivity index (χ0v) is 6.06. The number of unbranched alkanes of at least 4 members (excludes halogenated alkanes) is 1. The van der Waals surface area contributed by atoms with E-state index in [4.69, 9.17) is 0 Å². The van der Waals surface area contributed by atoms with Crippen LogP contribution in [0.5, 0.6) is 0 Å². The van der Waals surface area contributed by atoms with E-state index in [0.29, 0.717) is 0 Å². The average molecular weight is 122 g/mol. The highest BCUT2D eigenvalue weighted by Gasteiger charge is 1.96. The summed E-state index contributed by atoms with van der Waals surface area (Å²) >= 11 is 0. The summed E-state index contributed by atoms with van der Waals surface area (Å²) in [5.41, 5.74) is 0. The fourth-order valence-corrected chi connectivity index (χ4v) is 0.504. The van der Waals surface area contributed by atoms with Gasteiger partial charge in [-0.25, -0.2) is 0 Å². The van der Waals surface area contributed by atoms with Gasteiger partial charge in [-0.15, -0.1) is 6.58 Å². The Kier molecular flexibility index (Phi) is 5.70. The molecule has 0 atom stereocenters. The third kappa shape index (κ3) is 5.61. The normalized spacial score (nSPS) is 10.1. The smallest absolute Gasteiger partial charge is 0.0176 e. The Hall–Kier alpha value is -0.260. The van der Waals surface area contributed by atoms with Crippen molar-refractivity contribution in [2.75, 3.05) is 0 Å². The van der Waals surface area contributed by atoms with Crippen molar-refractivity contribution < 1.29 is 0 Å². The van der Waals surface area contributed by atoms with E-state index >= 15 is 0 Å². The molecule has 0 saturated heterocycles. The minimum Gasteiger partial charge on any atom is -0.103 e. The molecule has 0 aliphatic heterocycles. The van der Waals surface area contributed by atoms with Crippen molar-refractivity contribution in [3.05, 3.63) is 38.3 Å². The molecule has 0 heteroatoms. The number of rotatable bonds is 5. The topological polar surface area (TPSA) is 0 Å². The Morgan fingerprint density at radius 1 is 1.44 bits per heavy atom. The minimum absolute atomic E-state index is 1.05. The van der Waals surface area contributed by atoms with E-state index < -0.39 is 0 Å². The Labute approximate surface area is 59.0 Å². The van der Waals surface area contributed by atoms with Crippen LogP contribution in [-0.2, 0) is 0 Å². The van der Waals surface area contributed by atoms with Crippen LogP contribution in [0.1, 0.15) is 19.8 Å². The van der Waals surface area contributed by atoms with Crippen molar-refractivity contribution >= 4 is 0 Å². The van der Waals surface area contributed by atoms with Crippen LogP contribution in [0, 0.1) is 25.7 Å². The van der Waals surface area contributed by atoms with Gasteiger partial charge >= 0.3 is 0 Å². The monoisotopic (exact) mass is 122 g/mol. The molecule has 0 saturated carbocycles. The van der Waals surface area contributed by atoms with Crippen molar-refractivity contribution in [2.45, 2.75) is 19.8 Å². The van der Waals surface area contributed by atoms with E-state index in [1.807, 2.05) is 19.4 Å². The molecule has 0 bridgehead atoms. The third-order valence-electron chi connectivity index (χ3n) is 1.15. The molecule has 0 aromatic carbocycles. The first-order chi connectivity index (χ1) is 4.31. The standard InChI is InChI=1S/C9H14/c1-4-6-7-8-9(3)5-2/h4-5,8H,1,3,6-7H2,2H3. The summed E-state index contributed by atoms with van der Waals surface area (Å²) in [5.74, 6) is 1.11. The Morgan fingerprint density at radius 3 is 2.56 bits per heavy atom. The Bertz CT molecular complexity index is 64.4. The minimum atomic E-state index is 1.05. The molecule has 0 rings (SSSR count). The highest BCUT2D eigenvalue weighted by atomic mass is 14.0. The van der Waals surface area contributed by atoms with E-state index in [0.717, 1.165) is 18.8 Å². The van der Waals surface area contributed by atoms with Gasteiger partial charge in [0.05, 0.1) is 0 Å². The van der Waals surface area contributed by atoms with Crippen LogP contribution in [0.3, 0.4) is 0 Å². The molecular formula is C9H14. The van der Waals surface area contributed by atoms with Gasteiger partial charge in [0.25, 0.3) is 0 Å². The summed E-state index contributed by atoms with van der Waals surface area (Å²) in [6, 6.07) is 0. The molecule has 0 unspecified atom stereocenters. The largest absolute Gasteiger partial charge is 0.103 e. The molecule has 0 spiro atoms. The maximum Gasteiger partial charge on any atom is -0.0176 e. The van der Waals surface area contributed by atoms with Crippen molar-refractivity contribution in [2.24, 2.45) is 0 Å². The van der Waals surface area contributed by atoms with Crippen molar-refractivity contribution in [1.29, 1.82) is 0 Å². The molecular weight excluding hydrogens is 108 g/mol. The molecule has 0 nitrogen and oxygen atoms in total. The van der Waals surface area contributed by atoms with Gasteiger partial charge in [-0.1, -0.05) is 13.0 Å². The lowest BCUT2D eigenvalue weighted by molar-refractivity contribution is 0.950. The highest BCUT2D eigenvalue weighted by molar-refractivity contribution is 5.14. The Morgan fingerprint density at radius 2 is 2.11 bits per heavy atom. The fraction of sp³-hybridized carbons (Fsp3) is 0.333. The molecule has 0 aromatic rings. The lowest BCUT2D eigenvalue weighted by Crippen LogP contribution is -1.90. The van der Waals surface area contributed by atoms with Gasteiger partial charge in [-0.3, -0.25) is 0 Å². The van der Waals surface area contributed by atoms with E-state index in [1.165, 1.54) is 0 Å². The van der Waals surface area contributed by atoms with Crippen molar-refractivity contribution in [3.63, 3.8) is 0 Å². The molecule has 0 aromatic heterocycles. The summed E-state index contributed by atoms with van der Waals surface area (Å²) in [7, 11) is 0. The predicted molar refractivity (Wildman–Crippen MR) is 42.3 cm³/mol. The van der Waals surface area contributed by atoms with Crippen molar-refractivity contribution in [1.82, 2.24) is 0 Å². The first-order valence-corrected chi connectivity index (χ1v) is 3.23. The second kappa shape index (κ2) is 5.87. The Balaban J connectivity index is 2.96. The van der Waals surface area contributed by atoms with Gasteiger partial charge in [0, 0.05) is 0 Å². The molecule has 0 aliphatic rings. The molecule has 0 aliphatic carbocycles. The zero-order valence-electron chi connectivity index (χ0n) is 6.06. The molecule has 0 amide bonds. The maximum atomic E-state index is 3.80. The van der Waals surface area contributed by atoms with Gasteiger partial charge in [0.15, 0.2) is 0 Å². The van der Waals surface area contributed by atoms with Crippen LogP contribution in [0.15, 0.2) is 12.7 Å². The van der Waals surface area contributed by atoms with Crippen LogP contribution in [0.2, 0.25) is 0 Å². The lowest BCUT2D eigenvalue weighted by Gasteiger charge is -2.03. The lowest BCUT2D eigenvalue weighted by atomic mass is 10.0. The van der Waals surface area contributed by atoms with E-state index in [2.05, 4.69) is 19.9 Å². The van der Waals surface area contributed by atoms with E-state index in [1.54, 1.807) is 0 Å². The number of hydrogen-bond acceptors (Lipinski definition) is 0. The van der Waals surface area contributed by atoms with Gasteiger partial charge in [-0.2, -0.15) is 0 Å². The van der Waals surface area contributed by atoms with Crippen LogP contribution in [0.25, 0.3) is 0 Å². The second-order valence-electron chi connectivity index (χ2n) is 1.93. The van der Waals surface area contributed by atoms with Crippen molar-refractivity contribution in [3.8, 4) is 0 Å². The number of allylic oxidation sites excluding steroid dienone is 1. The molecule has 50 valence electrons. The molecule has 0 N–H and O–H groups in total. The van der Waals surface area contributed by atoms with Crippen LogP contribution in [0.4, 0.5) is 0 Å². The summed E-state index contributed by atoms with van der Waals surface area (Å²) in [4.78, 5) is 0. The van der Waals surface area contributed by atoms with Gasteiger partial charge < -0.3 is 0 Å². The zero-order chi connectivity index (χ0) is 7.11. The summed E-state index contributed by atoms with van der Waals surface area (Å²) in [6.45, 7) is 9.42. The summed E-state index contributed by atoms with van der Waals surface area (Å²) in [5, 5.41) is 0. The first kappa shape index (κ1) is 8.74. The van der Waals surface area contributed by atoms with E-state index in [9.17, 15) is 0 Å². The van der Waals surface area contributed by atoms with Gasteiger partial charge in [0.2, 0.25) is 0 Å². The van der Waals surface area contributed by atoms with E-state index in [-0.39, 0.29) is 0 Å². The second-order valence-corrected chi connectivity index (χ2v) is 1.93. The highest BCUT2D eigenvalue weighted by Crippen LogP contribution is 2.10. The van der Waals surface area contributed by atoms with Crippen LogP contribution < -0.4 is 0 Å². The molecule has 9 heavy (non-hydrogen) atoms. The summed E-state index contributed by atoms with van der Waals surface area (Å²) < 4.78 is 0. The summed E-state index contributed by atoms with van der Waals surface area (Å²) in [6.07, 6.45) is 8.14. The first-order valence-electron chi connectivity index (χ1n) is 3.23. The number of hydrogen-bond donors (Lipinski definition) is 0. The third-order valence-corrected chi connectivity index (χ3v) is 1.15. The predicted octanol–water partition coefficient (Wildman–Crippen LogP) is 2.79. The van der Waals surface area contributed by atoms with Gasteiger partial charge in [-0.05, 0) is 38.5 Å². The van der Waals surface area contributed by atoms with Crippen LogP contribution in [-0.4, -0.2) is 0 Å². The fourth-order valence-electron chi connectivity index (χ4n) is 0.504. The van der Waals surface area contributed by atoms with Gasteiger partial charge in [0.1, 0.15) is 0 Å². The average Bonchev–Trinajstić information content (AvgIpc) is 1.89. The quantitative estimate of drug-likeness (QED) is 0.388.